The molecule has 0 saturated heterocycles. The molecular weight excluding hydrogens is 256 g/mol. The minimum atomic E-state index is -0.357. The van der Waals surface area contributed by atoms with Crippen LogP contribution < -0.4 is 9.47 Å². The molecule has 0 unspecified atom stereocenters. The summed E-state index contributed by atoms with van der Waals surface area (Å²) in [6, 6.07) is 14.6. The number of methoxy groups -OCH3 is 2. The minimum absolute atomic E-state index is 0.352. The van der Waals surface area contributed by atoms with E-state index in [-0.39, 0.29) is 5.97 Å². The first-order valence-corrected chi connectivity index (χ1v) is 6.17. The second-order valence-corrected chi connectivity index (χ2v) is 4.13. The van der Waals surface area contributed by atoms with Crippen molar-refractivity contribution in [3.63, 3.8) is 0 Å². The third kappa shape index (κ3) is 3.29. The third-order valence-electron chi connectivity index (χ3n) is 2.81. The van der Waals surface area contributed by atoms with Crippen molar-refractivity contribution in [2.45, 2.75) is 6.61 Å². The zero-order chi connectivity index (χ0) is 14.4. The average Bonchev–Trinajstić information content (AvgIpc) is 2.52. The summed E-state index contributed by atoms with van der Waals surface area (Å²) in [5, 5.41) is 0. The molecule has 4 nitrogen and oxygen atoms in total. The molecule has 0 aliphatic carbocycles. The topological polar surface area (TPSA) is 44.8 Å². The van der Waals surface area contributed by atoms with Crippen molar-refractivity contribution in [2.24, 2.45) is 0 Å². The fraction of sp³-hybridized carbons (Fsp3) is 0.188. The number of carbonyl (C=O) groups is 1. The molecule has 0 aromatic heterocycles. The van der Waals surface area contributed by atoms with E-state index < -0.39 is 0 Å². The van der Waals surface area contributed by atoms with E-state index in [2.05, 4.69) is 0 Å². The smallest absolute Gasteiger partial charge is 0.337 e. The molecule has 0 heterocycles. The maximum absolute atomic E-state index is 11.5. The monoisotopic (exact) mass is 272 g/mol. The van der Waals surface area contributed by atoms with E-state index in [1.54, 1.807) is 25.3 Å². The van der Waals surface area contributed by atoms with Gasteiger partial charge in [-0.1, -0.05) is 24.3 Å². The van der Waals surface area contributed by atoms with Crippen molar-refractivity contribution in [3.05, 3.63) is 59.7 Å². The van der Waals surface area contributed by atoms with Crippen LogP contribution in [0.2, 0.25) is 0 Å². The Labute approximate surface area is 117 Å². The molecule has 0 aliphatic rings. The summed E-state index contributed by atoms with van der Waals surface area (Å²) in [6.07, 6.45) is 0. The molecule has 0 saturated carbocycles. The maximum Gasteiger partial charge on any atom is 0.337 e. The fourth-order valence-corrected chi connectivity index (χ4v) is 1.81. The van der Waals surface area contributed by atoms with Crippen LogP contribution in [0.1, 0.15) is 15.9 Å². The summed E-state index contributed by atoms with van der Waals surface area (Å²) in [5.74, 6) is 0.985. The maximum atomic E-state index is 11.5. The van der Waals surface area contributed by atoms with Gasteiger partial charge in [0.05, 0.1) is 19.8 Å². The summed E-state index contributed by atoms with van der Waals surface area (Å²) in [5.41, 5.74) is 1.40. The average molecular weight is 272 g/mol. The van der Waals surface area contributed by atoms with Crippen molar-refractivity contribution in [2.75, 3.05) is 14.2 Å². The van der Waals surface area contributed by atoms with E-state index in [0.717, 1.165) is 5.56 Å². The van der Waals surface area contributed by atoms with Crippen LogP contribution in [-0.4, -0.2) is 20.2 Å². The zero-order valence-corrected chi connectivity index (χ0v) is 11.5. The van der Waals surface area contributed by atoms with Crippen molar-refractivity contribution in [1.29, 1.82) is 0 Å². The van der Waals surface area contributed by atoms with Gasteiger partial charge in [-0.3, -0.25) is 0 Å². The lowest BCUT2D eigenvalue weighted by atomic mass is 10.1. The highest BCUT2D eigenvalue weighted by Crippen LogP contribution is 2.26. The van der Waals surface area contributed by atoms with E-state index in [0.29, 0.717) is 23.7 Å². The Bertz CT molecular complexity index is 593. The molecule has 0 bridgehead atoms. The van der Waals surface area contributed by atoms with Crippen LogP contribution in [-0.2, 0) is 11.3 Å². The van der Waals surface area contributed by atoms with Crippen molar-refractivity contribution in [3.8, 4) is 11.5 Å². The highest BCUT2D eigenvalue weighted by atomic mass is 16.5. The normalized spacial score (nSPS) is 9.90. The summed E-state index contributed by atoms with van der Waals surface area (Å²) < 4.78 is 15.6. The number of para-hydroxylation sites is 2. The van der Waals surface area contributed by atoms with E-state index in [4.69, 9.17) is 14.2 Å². The highest BCUT2D eigenvalue weighted by molar-refractivity contribution is 5.89. The molecule has 0 atom stereocenters. The number of carbonyl (C=O) groups excluding carboxylic acids is 1. The minimum Gasteiger partial charge on any atom is -0.493 e. The first-order chi connectivity index (χ1) is 9.74. The molecule has 20 heavy (non-hydrogen) atoms. The number of esters is 1. The number of hydrogen-bond acceptors (Lipinski definition) is 4. The summed E-state index contributed by atoms with van der Waals surface area (Å²) in [6.45, 7) is 0.352. The summed E-state index contributed by atoms with van der Waals surface area (Å²) >= 11 is 0. The van der Waals surface area contributed by atoms with Crippen molar-refractivity contribution >= 4 is 5.97 Å². The van der Waals surface area contributed by atoms with Crippen LogP contribution in [0.3, 0.4) is 0 Å². The first-order valence-electron chi connectivity index (χ1n) is 6.17. The van der Waals surface area contributed by atoms with Crippen LogP contribution in [0.4, 0.5) is 0 Å². The van der Waals surface area contributed by atoms with Gasteiger partial charge in [0.2, 0.25) is 0 Å². The Morgan fingerprint density at radius 2 is 1.75 bits per heavy atom. The van der Waals surface area contributed by atoms with Crippen LogP contribution >= 0.6 is 0 Å². The number of benzene rings is 2. The van der Waals surface area contributed by atoms with E-state index in [9.17, 15) is 4.79 Å². The van der Waals surface area contributed by atoms with Gasteiger partial charge in [0.25, 0.3) is 0 Å². The van der Waals surface area contributed by atoms with Crippen molar-refractivity contribution in [1.82, 2.24) is 0 Å². The van der Waals surface area contributed by atoms with E-state index in [1.807, 2.05) is 30.3 Å². The lowest BCUT2D eigenvalue weighted by molar-refractivity contribution is 0.0600. The van der Waals surface area contributed by atoms with Gasteiger partial charge in [-0.15, -0.1) is 0 Å². The Morgan fingerprint density at radius 1 is 1.00 bits per heavy atom. The van der Waals surface area contributed by atoms with Gasteiger partial charge in [-0.25, -0.2) is 4.79 Å². The van der Waals surface area contributed by atoms with Crippen LogP contribution in [0.25, 0.3) is 0 Å². The summed E-state index contributed by atoms with van der Waals surface area (Å²) in [7, 11) is 2.96. The molecule has 2 aromatic carbocycles. The van der Waals surface area contributed by atoms with Crippen LogP contribution in [0.5, 0.6) is 11.5 Å². The molecular formula is C16H16O4. The predicted molar refractivity (Wildman–Crippen MR) is 75.1 cm³/mol. The first kappa shape index (κ1) is 13.9. The molecule has 0 N–H and O–H groups in total. The number of hydrogen-bond donors (Lipinski definition) is 0. The molecule has 0 amide bonds. The molecule has 0 radical (unpaired) electrons. The zero-order valence-electron chi connectivity index (χ0n) is 11.5. The van der Waals surface area contributed by atoms with Gasteiger partial charge < -0.3 is 14.2 Å². The highest BCUT2D eigenvalue weighted by Gasteiger charge is 2.07. The van der Waals surface area contributed by atoms with Gasteiger partial charge in [0, 0.05) is 0 Å². The van der Waals surface area contributed by atoms with Gasteiger partial charge >= 0.3 is 5.97 Å². The Balaban J connectivity index is 2.09. The lowest BCUT2D eigenvalue weighted by Crippen LogP contribution is -2.03. The second-order valence-electron chi connectivity index (χ2n) is 4.13. The summed E-state index contributed by atoms with van der Waals surface area (Å²) in [4.78, 5) is 11.5. The predicted octanol–water partition coefficient (Wildman–Crippen LogP) is 3.06. The quantitative estimate of drug-likeness (QED) is 0.785. The molecule has 0 spiro atoms. The van der Waals surface area contributed by atoms with Gasteiger partial charge in [-0.2, -0.15) is 0 Å². The van der Waals surface area contributed by atoms with Crippen LogP contribution in [0.15, 0.2) is 48.5 Å². The molecule has 2 aromatic rings. The van der Waals surface area contributed by atoms with Crippen LogP contribution in [0, 0.1) is 0 Å². The fourth-order valence-electron chi connectivity index (χ4n) is 1.81. The van der Waals surface area contributed by atoms with E-state index >= 15 is 0 Å². The van der Waals surface area contributed by atoms with E-state index in [1.165, 1.54) is 7.11 Å². The third-order valence-corrected chi connectivity index (χ3v) is 2.81. The Morgan fingerprint density at radius 3 is 2.45 bits per heavy atom. The second kappa shape index (κ2) is 6.61. The van der Waals surface area contributed by atoms with Gasteiger partial charge in [-0.05, 0) is 29.8 Å². The van der Waals surface area contributed by atoms with Gasteiger partial charge in [0.1, 0.15) is 6.61 Å². The largest absolute Gasteiger partial charge is 0.493 e. The number of rotatable bonds is 5. The SMILES string of the molecule is COC(=O)c1cccc(COc2ccccc2OC)c1. The Hall–Kier alpha value is -2.49. The standard InChI is InChI=1S/C16H16O4/c1-18-14-8-3-4-9-15(14)20-11-12-6-5-7-13(10-12)16(17)19-2/h3-10H,11H2,1-2H3. The molecule has 2 rings (SSSR count). The number of ether oxygens (including phenoxy) is 3. The Kier molecular flexibility index (Phi) is 4.60. The molecule has 104 valence electrons. The van der Waals surface area contributed by atoms with Gasteiger partial charge in [0.15, 0.2) is 11.5 Å². The molecule has 0 aliphatic heterocycles. The lowest BCUT2D eigenvalue weighted by Gasteiger charge is -2.10. The molecule has 4 heteroatoms. The molecule has 0 fully saturated rings. The van der Waals surface area contributed by atoms with Crippen molar-refractivity contribution < 1.29 is 19.0 Å².